The Morgan fingerprint density at radius 1 is 1.25 bits per heavy atom. The third kappa shape index (κ3) is 3.05. The van der Waals surface area contributed by atoms with Gasteiger partial charge in [0.1, 0.15) is 0 Å². The molecule has 2 rings (SSSR count). The predicted molar refractivity (Wildman–Crippen MR) is 71.3 cm³/mol. The van der Waals surface area contributed by atoms with E-state index in [2.05, 4.69) is 5.32 Å². The number of nitrogens with two attached hydrogens (primary N) is 1. The number of benzene rings is 1. The van der Waals surface area contributed by atoms with Crippen molar-refractivity contribution in [2.75, 3.05) is 18.4 Å². The van der Waals surface area contributed by atoms with Gasteiger partial charge in [-0.2, -0.15) is 0 Å². The molecule has 0 saturated carbocycles. The number of anilines is 1. The van der Waals surface area contributed by atoms with Gasteiger partial charge in [0, 0.05) is 24.3 Å². The van der Waals surface area contributed by atoms with E-state index in [0.717, 1.165) is 0 Å². The van der Waals surface area contributed by atoms with Crippen LogP contribution >= 0.6 is 0 Å². The SMILES string of the molecule is NC(=O)c1ccc(NC(=O)N2CCC(C(=O)O)C2)cc1. The molecule has 1 atom stereocenters. The number of amides is 3. The first-order chi connectivity index (χ1) is 9.47. The van der Waals surface area contributed by atoms with Crippen LogP contribution in [0.4, 0.5) is 10.5 Å². The lowest BCUT2D eigenvalue weighted by atomic mass is 10.1. The third-order valence-corrected chi connectivity index (χ3v) is 3.25. The first kappa shape index (κ1) is 13.9. The number of nitrogens with zero attached hydrogens (tertiary/aromatic N) is 1. The number of carboxylic acids is 1. The molecule has 0 aromatic heterocycles. The summed E-state index contributed by atoms with van der Waals surface area (Å²) in [6.07, 6.45) is 0.462. The fraction of sp³-hybridized carbons (Fsp3) is 0.308. The zero-order chi connectivity index (χ0) is 14.7. The van der Waals surface area contributed by atoms with Gasteiger partial charge in [0.15, 0.2) is 0 Å². The zero-order valence-electron chi connectivity index (χ0n) is 10.7. The first-order valence-corrected chi connectivity index (χ1v) is 6.16. The average Bonchev–Trinajstić information content (AvgIpc) is 2.89. The summed E-state index contributed by atoms with van der Waals surface area (Å²) in [6, 6.07) is 5.83. The summed E-state index contributed by atoms with van der Waals surface area (Å²) in [4.78, 5) is 35.1. The maximum absolute atomic E-state index is 11.9. The molecular formula is C13H15N3O4. The average molecular weight is 277 g/mol. The summed E-state index contributed by atoms with van der Waals surface area (Å²) in [6.45, 7) is 0.628. The molecule has 106 valence electrons. The molecule has 4 N–H and O–H groups in total. The van der Waals surface area contributed by atoms with Gasteiger partial charge in [0.05, 0.1) is 5.92 Å². The molecule has 20 heavy (non-hydrogen) atoms. The molecule has 0 radical (unpaired) electrons. The second-order valence-electron chi connectivity index (χ2n) is 4.64. The second kappa shape index (κ2) is 5.60. The van der Waals surface area contributed by atoms with Crippen LogP contribution in [0, 0.1) is 5.92 Å². The van der Waals surface area contributed by atoms with E-state index in [1.54, 1.807) is 12.1 Å². The number of carboxylic acid groups (broad SMARTS) is 1. The summed E-state index contributed by atoms with van der Waals surface area (Å²) in [7, 11) is 0. The Bertz CT molecular complexity index is 541. The van der Waals surface area contributed by atoms with Crippen LogP contribution in [0.5, 0.6) is 0 Å². The van der Waals surface area contributed by atoms with Crippen molar-refractivity contribution < 1.29 is 19.5 Å². The first-order valence-electron chi connectivity index (χ1n) is 6.16. The lowest BCUT2D eigenvalue weighted by molar-refractivity contribution is -0.141. The second-order valence-corrected chi connectivity index (χ2v) is 4.64. The molecule has 1 heterocycles. The van der Waals surface area contributed by atoms with E-state index in [9.17, 15) is 14.4 Å². The Kier molecular flexibility index (Phi) is 3.88. The maximum Gasteiger partial charge on any atom is 0.321 e. The standard InChI is InChI=1S/C13H15N3O4/c14-11(17)8-1-3-10(4-2-8)15-13(20)16-6-5-9(7-16)12(18)19/h1-4,9H,5-7H2,(H2,14,17)(H,15,20)(H,18,19). The van der Waals surface area contributed by atoms with Crippen LogP contribution in [-0.2, 0) is 4.79 Å². The van der Waals surface area contributed by atoms with Crippen molar-refractivity contribution >= 4 is 23.6 Å². The minimum absolute atomic E-state index is 0.209. The number of aliphatic carboxylic acids is 1. The number of carbonyl (C=O) groups excluding carboxylic acids is 2. The Hall–Kier alpha value is -2.57. The highest BCUT2D eigenvalue weighted by Crippen LogP contribution is 2.18. The van der Waals surface area contributed by atoms with E-state index < -0.39 is 17.8 Å². The van der Waals surface area contributed by atoms with Gasteiger partial charge in [-0.15, -0.1) is 0 Å². The van der Waals surface area contributed by atoms with Crippen molar-refractivity contribution in [3.05, 3.63) is 29.8 Å². The van der Waals surface area contributed by atoms with Gasteiger partial charge in [-0.05, 0) is 30.7 Å². The van der Waals surface area contributed by atoms with Gasteiger partial charge < -0.3 is 21.1 Å². The van der Waals surface area contributed by atoms with Gasteiger partial charge in [-0.25, -0.2) is 4.79 Å². The van der Waals surface area contributed by atoms with E-state index in [1.807, 2.05) is 0 Å². The molecule has 1 aromatic carbocycles. The van der Waals surface area contributed by atoms with Gasteiger partial charge in [-0.1, -0.05) is 0 Å². The number of urea groups is 1. The monoisotopic (exact) mass is 277 g/mol. The molecule has 0 bridgehead atoms. The van der Waals surface area contributed by atoms with E-state index in [-0.39, 0.29) is 12.6 Å². The van der Waals surface area contributed by atoms with Crippen molar-refractivity contribution in [2.24, 2.45) is 11.7 Å². The fourth-order valence-corrected chi connectivity index (χ4v) is 2.07. The minimum atomic E-state index is -0.883. The summed E-state index contributed by atoms with van der Waals surface area (Å²) in [5.41, 5.74) is 6.00. The molecular weight excluding hydrogens is 262 g/mol. The van der Waals surface area contributed by atoms with E-state index >= 15 is 0 Å². The van der Waals surface area contributed by atoms with Crippen LogP contribution in [0.1, 0.15) is 16.8 Å². The molecule has 1 fully saturated rings. The number of hydrogen-bond donors (Lipinski definition) is 3. The van der Waals surface area contributed by atoms with Crippen LogP contribution < -0.4 is 11.1 Å². The van der Waals surface area contributed by atoms with E-state index in [4.69, 9.17) is 10.8 Å². The highest BCUT2D eigenvalue weighted by Gasteiger charge is 2.30. The maximum atomic E-state index is 11.9. The molecule has 0 spiro atoms. The number of likely N-dealkylation sites (tertiary alicyclic amines) is 1. The largest absolute Gasteiger partial charge is 0.481 e. The molecule has 1 aliphatic heterocycles. The van der Waals surface area contributed by atoms with Crippen LogP contribution in [0.25, 0.3) is 0 Å². The van der Waals surface area contributed by atoms with Crippen molar-refractivity contribution in [3.63, 3.8) is 0 Å². The van der Waals surface area contributed by atoms with Crippen molar-refractivity contribution in [1.29, 1.82) is 0 Å². The van der Waals surface area contributed by atoms with Crippen LogP contribution in [0.15, 0.2) is 24.3 Å². The third-order valence-electron chi connectivity index (χ3n) is 3.25. The Balaban J connectivity index is 1.95. The molecule has 7 nitrogen and oxygen atoms in total. The number of primary amides is 1. The molecule has 3 amide bonds. The highest BCUT2D eigenvalue weighted by atomic mass is 16.4. The summed E-state index contributed by atoms with van der Waals surface area (Å²) >= 11 is 0. The number of rotatable bonds is 3. The minimum Gasteiger partial charge on any atom is -0.481 e. The van der Waals surface area contributed by atoms with Crippen molar-refractivity contribution in [2.45, 2.75) is 6.42 Å². The topological polar surface area (TPSA) is 113 Å². The normalized spacial score (nSPS) is 17.8. The van der Waals surface area contributed by atoms with Crippen LogP contribution in [0.2, 0.25) is 0 Å². The van der Waals surface area contributed by atoms with Gasteiger partial charge in [0.25, 0.3) is 0 Å². The number of hydrogen-bond acceptors (Lipinski definition) is 3. The summed E-state index contributed by atoms with van der Waals surface area (Å²) in [5, 5.41) is 11.5. The van der Waals surface area contributed by atoms with Crippen molar-refractivity contribution in [3.8, 4) is 0 Å². The predicted octanol–water partition coefficient (Wildman–Crippen LogP) is 0.724. The van der Waals surface area contributed by atoms with Gasteiger partial charge in [-0.3, -0.25) is 9.59 Å². The Morgan fingerprint density at radius 2 is 1.90 bits per heavy atom. The van der Waals surface area contributed by atoms with Crippen LogP contribution in [0.3, 0.4) is 0 Å². The van der Waals surface area contributed by atoms with Gasteiger partial charge in [0.2, 0.25) is 5.91 Å². The summed E-state index contributed by atoms with van der Waals surface area (Å²) < 4.78 is 0. The molecule has 7 heteroatoms. The Labute approximate surface area is 115 Å². The van der Waals surface area contributed by atoms with E-state index in [0.29, 0.717) is 24.2 Å². The molecule has 1 aliphatic rings. The number of carbonyl (C=O) groups is 3. The van der Waals surface area contributed by atoms with Crippen molar-refractivity contribution in [1.82, 2.24) is 4.90 Å². The molecule has 0 aliphatic carbocycles. The lowest BCUT2D eigenvalue weighted by Crippen LogP contribution is -2.33. The van der Waals surface area contributed by atoms with Crippen LogP contribution in [-0.4, -0.2) is 41.0 Å². The number of nitrogens with one attached hydrogen (secondary N) is 1. The summed E-state index contributed by atoms with van der Waals surface area (Å²) in [5.74, 6) is -1.92. The highest BCUT2D eigenvalue weighted by molar-refractivity contribution is 5.94. The van der Waals surface area contributed by atoms with E-state index in [1.165, 1.54) is 17.0 Å². The molecule has 1 unspecified atom stereocenters. The lowest BCUT2D eigenvalue weighted by Gasteiger charge is -2.16. The molecule has 1 saturated heterocycles. The van der Waals surface area contributed by atoms with Gasteiger partial charge >= 0.3 is 12.0 Å². The smallest absolute Gasteiger partial charge is 0.321 e. The zero-order valence-corrected chi connectivity index (χ0v) is 10.7. The quantitative estimate of drug-likeness (QED) is 0.755. The fourth-order valence-electron chi connectivity index (χ4n) is 2.07. The molecule has 1 aromatic rings. The Morgan fingerprint density at radius 3 is 2.40 bits per heavy atom.